The van der Waals surface area contributed by atoms with E-state index in [1.165, 1.54) is 12.0 Å². The molecule has 5 rings (SSSR count). The Morgan fingerprint density at radius 1 is 1.24 bits per heavy atom. The standard InChI is InChI=1S/C24H26N6O3S/c1-34-33-18-8-7-16-4-2-6-20(19(16)12-18)32-13-17-5-3-10-30(17)24-22-23(26-14-27-24)29(15-28-22)11-9-21(25)31/h2,4,6-8,12,14-15,17H,3,5,9-11,13H2,1H3,(H2,25,31). The third-order valence-electron chi connectivity index (χ3n) is 6.05. The van der Waals surface area contributed by atoms with Gasteiger partial charge in [-0.15, -0.1) is 0 Å². The third kappa shape index (κ3) is 4.45. The van der Waals surface area contributed by atoms with Gasteiger partial charge in [-0.25, -0.2) is 15.0 Å². The summed E-state index contributed by atoms with van der Waals surface area (Å²) in [5, 5.41) is 2.13. The number of imidazole rings is 1. The van der Waals surface area contributed by atoms with Crippen LogP contribution < -0.4 is 19.6 Å². The SMILES string of the molecule is CSOc1ccc2cccc(OCC3CCCN3c3ncnc4c3ncn4CCC(N)=O)c2c1. The van der Waals surface area contributed by atoms with Crippen molar-refractivity contribution in [3.8, 4) is 11.5 Å². The Bertz CT molecular complexity index is 1330. The minimum atomic E-state index is -0.353. The number of fused-ring (bicyclic) bond motifs is 2. The minimum absolute atomic E-state index is 0.162. The summed E-state index contributed by atoms with van der Waals surface area (Å²) in [5.41, 5.74) is 6.73. The van der Waals surface area contributed by atoms with Gasteiger partial charge in [0.1, 0.15) is 24.4 Å². The van der Waals surface area contributed by atoms with E-state index in [9.17, 15) is 4.79 Å². The van der Waals surface area contributed by atoms with Crippen LogP contribution in [0.1, 0.15) is 19.3 Å². The Labute approximate surface area is 201 Å². The molecule has 0 saturated carbocycles. The maximum Gasteiger partial charge on any atom is 0.219 e. The molecular formula is C24H26N6O3S. The van der Waals surface area contributed by atoms with Crippen molar-refractivity contribution in [2.75, 3.05) is 24.3 Å². The van der Waals surface area contributed by atoms with Gasteiger partial charge in [0.15, 0.2) is 17.0 Å². The molecule has 1 amide bonds. The maximum atomic E-state index is 11.2. The molecule has 2 N–H and O–H groups in total. The monoisotopic (exact) mass is 478 g/mol. The number of aromatic nitrogens is 4. The first-order valence-electron chi connectivity index (χ1n) is 11.2. The van der Waals surface area contributed by atoms with Gasteiger partial charge in [-0.1, -0.05) is 18.2 Å². The summed E-state index contributed by atoms with van der Waals surface area (Å²) in [4.78, 5) is 27.0. The number of carbonyl (C=O) groups excluding carboxylic acids is 1. The molecule has 176 valence electrons. The lowest BCUT2D eigenvalue weighted by Gasteiger charge is -2.26. The lowest BCUT2D eigenvalue weighted by atomic mass is 10.1. The molecule has 10 heteroatoms. The molecule has 1 saturated heterocycles. The molecule has 0 bridgehead atoms. The normalized spacial score (nSPS) is 15.8. The first-order chi connectivity index (χ1) is 16.6. The number of hydrogen-bond acceptors (Lipinski definition) is 8. The second kappa shape index (κ2) is 9.76. The zero-order valence-electron chi connectivity index (χ0n) is 18.9. The molecular weight excluding hydrogens is 452 g/mol. The first kappa shape index (κ1) is 22.3. The lowest BCUT2D eigenvalue weighted by molar-refractivity contribution is -0.118. The molecule has 0 radical (unpaired) electrons. The van der Waals surface area contributed by atoms with Gasteiger partial charge in [0.25, 0.3) is 0 Å². The Balaban J connectivity index is 1.37. The first-order valence-corrected chi connectivity index (χ1v) is 12.4. The van der Waals surface area contributed by atoms with E-state index in [1.807, 2.05) is 41.2 Å². The van der Waals surface area contributed by atoms with E-state index in [0.29, 0.717) is 18.8 Å². The number of aryl methyl sites for hydroxylation is 1. The molecule has 1 aliphatic heterocycles. The number of hydrogen-bond donors (Lipinski definition) is 1. The van der Waals surface area contributed by atoms with Gasteiger partial charge in [-0.3, -0.25) is 4.79 Å². The Kier molecular flexibility index (Phi) is 6.39. The minimum Gasteiger partial charge on any atom is -0.491 e. The van der Waals surface area contributed by atoms with Gasteiger partial charge in [-0.05, 0) is 36.4 Å². The Hall–Kier alpha value is -3.53. The van der Waals surface area contributed by atoms with Crippen LogP contribution in [0.4, 0.5) is 5.82 Å². The van der Waals surface area contributed by atoms with Gasteiger partial charge in [0, 0.05) is 31.2 Å². The van der Waals surface area contributed by atoms with E-state index in [0.717, 1.165) is 53.0 Å². The molecule has 9 nitrogen and oxygen atoms in total. The van der Waals surface area contributed by atoms with E-state index in [-0.39, 0.29) is 18.4 Å². The third-order valence-corrected chi connectivity index (χ3v) is 6.41. The molecule has 1 fully saturated rings. The van der Waals surface area contributed by atoms with Crippen molar-refractivity contribution in [2.24, 2.45) is 5.73 Å². The van der Waals surface area contributed by atoms with E-state index >= 15 is 0 Å². The number of rotatable bonds is 9. The quantitative estimate of drug-likeness (QED) is 0.364. The molecule has 34 heavy (non-hydrogen) atoms. The predicted octanol–water partition coefficient (Wildman–Crippen LogP) is 3.56. The van der Waals surface area contributed by atoms with E-state index < -0.39 is 0 Å². The van der Waals surface area contributed by atoms with Crippen LogP contribution in [0.3, 0.4) is 0 Å². The summed E-state index contributed by atoms with van der Waals surface area (Å²) in [6, 6.07) is 12.3. The average Bonchev–Trinajstić information content (AvgIpc) is 3.48. The fourth-order valence-electron chi connectivity index (χ4n) is 4.44. The number of anilines is 1. The van der Waals surface area contributed by atoms with Gasteiger partial charge >= 0.3 is 0 Å². The summed E-state index contributed by atoms with van der Waals surface area (Å²) in [6.07, 6.45) is 7.42. The van der Waals surface area contributed by atoms with E-state index in [4.69, 9.17) is 14.7 Å². The largest absolute Gasteiger partial charge is 0.491 e. The highest BCUT2D eigenvalue weighted by atomic mass is 32.2. The summed E-state index contributed by atoms with van der Waals surface area (Å²) in [5.74, 6) is 2.07. The van der Waals surface area contributed by atoms with Crippen molar-refractivity contribution < 1.29 is 13.7 Å². The molecule has 3 heterocycles. The maximum absolute atomic E-state index is 11.2. The van der Waals surface area contributed by atoms with Crippen molar-refractivity contribution in [1.29, 1.82) is 0 Å². The van der Waals surface area contributed by atoms with Gasteiger partial charge in [-0.2, -0.15) is 0 Å². The van der Waals surface area contributed by atoms with Gasteiger partial charge < -0.3 is 24.1 Å². The highest BCUT2D eigenvalue weighted by Gasteiger charge is 2.29. The summed E-state index contributed by atoms with van der Waals surface area (Å²) in [6.45, 7) is 1.84. The van der Waals surface area contributed by atoms with Crippen LogP contribution in [0, 0.1) is 0 Å². The van der Waals surface area contributed by atoms with Crippen molar-refractivity contribution in [3.05, 3.63) is 49.1 Å². The number of ether oxygens (including phenoxy) is 1. The number of primary amides is 1. The Morgan fingerprint density at radius 3 is 3.00 bits per heavy atom. The highest BCUT2D eigenvalue weighted by molar-refractivity contribution is 7.94. The molecule has 0 spiro atoms. The fraction of sp³-hybridized carbons (Fsp3) is 0.333. The smallest absolute Gasteiger partial charge is 0.219 e. The molecule has 0 aliphatic carbocycles. The van der Waals surface area contributed by atoms with Crippen LogP contribution in [0.5, 0.6) is 11.5 Å². The molecule has 1 unspecified atom stereocenters. The van der Waals surface area contributed by atoms with Crippen molar-refractivity contribution in [3.63, 3.8) is 0 Å². The van der Waals surface area contributed by atoms with Crippen LogP contribution in [0.25, 0.3) is 21.9 Å². The number of nitrogens with two attached hydrogens (primary N) is 1. The number of benzene rings is 2. The zero-order chi connectivity index (χ0) is 23.5. The molecule has 4 aromatic rings. The number of nitrogens with zero attached hydrogens (tertiary/aromatic N) is 5. The van der Waals surface area contributed by atoms with Gasteiger partial charge in [0.2, 0.25) is 5.91 Å². The van der Waals surface area contributed by atoms with Gasteiger partial charge in [0.05, 0.1) is 24.4 Å². The molecule has 2 aromatic heterocycles. The van der Waals surface area contributed by atoms with Crippen LogP contribution >= 0.6 is 12.0 Å². The second-order valence-corrected chi connectivity index (χ2v) is 8.71. The summed E-state index contributed by atoms with van der Waals surface area (Å²) < 4.78 is 13.8. The topological polar surface area (TPSA) is 108 Å². The summed E-state index contributed by atoms with van der Waals surface area (Å²) in [7, 11) is 0. The average molecular weight is 479 g/mol. The van der Waals surface area contributed by atoms with Crippen molar-refractivity contribution >= 4 is 45.7 Å². The van der Waals surface area contributed by atoms with Crippen LogP contribution in [0.15, 0.2) is 49.1 Å². The van der Waals surface area contributed by atoms with E-state index in [1.54, 1.807) is 12.7 Å². The second-order valence-electron chi connectivity index (χ2n) is 8.21. The number of carbonyl (C=O) groups is 1. The molecule has 2 aromatic carbocycles. The number of amides is 1. The highest BCUT2D eigenvalue weighted by Crippen LogP contribution is 2.32. The van der Waals surface area contributed by atoms with Crippen LogP contribution in [-0.2, 0) is 11.3 Å². The predicted molar refractivity (Wildman–Crippen MR) is 133 cm³/mol. The summed E-state index contributed by atoms with van der Waals surface area (Å²) >= 11 is 1.32. The van der Waals surface area contributed by atoms with E-state index in [2.05, 4.69) is 25.9 Å². The van der Waals surface area contributed by atoms with Crippen molar-refractivity contribution in [1.82, 2.24) is 19.5 Å². The lowest BCUT2D eigenvalue weighted by Crippen LogP contribution is -2.35. The molecule has 1 atom stereocenters. The zero-order valence-corrected chi connectivity index (χ0v) is 19.7. The van der Waals surface area contributed by atoms with Crippen LogP contribution in [0.2, 0.25) is 0 Å². The molecule has 1 aliphatic rings. The Morgan fingerprint density at radius 2 is 2.15 bits per heavy atom. The van der Waals surface area contributed by atoms with Crippen molar-refractivity contribution in [2.45, 2.75) is 31.8 Å². The van der Waals surface area contributed by atoms with Crippen LogP contribution in [-0.4, -0.2) is 50.9 Å². The fourth-order valence-corrected chi connectivity index (χ4v) is 4.74.